The van der Waals surface area contributed by atoms with E-state index < -0.39 is 0 Å². The highest BCUT2D eigenvalue weighted by Gasteiger charge is 2.23. The van der Waals surface area contributed by atoms with Crippen molar-refractivity contribution in [3.05, 3.63) is 95.6 Å². The number of pyridine rings is 1. The molecule has 1 unspecified atom stereocenters. The van der Waals surface area contributed by atoms with Gasteiger partial charge in [0.1, 0.15) is 18.2 Å². The van der Waals surface area contributed by atoms with Gasteiger partial charge in [0.25, 0.3) is 0 Å². The summed E-state index contributed by atoms with van der Waals surface area (Å²) in [7, 11) is 0. The Bertz CT molecular complexity index is 909. The van der Waals surface area contributed by atoms with E-state index in [0.29, 0.717) is 11.6 Å². The number of benzene rings is 2. The molecular formula is C23H25ClFN3O. The van der Waals surface area contributed by atoms with E-state index in [4.69, 9.17) is 4.74 Å². The van der Waals surface area contributed by atoms with E-state index in [1.165, 1.54) is 17.2 Å². The van der Waals surface area contributed by atoms with Crippen LogP contribution in [0.3, 0.4) is 0 Å². The zero-order valence-corrected chi connectivity index (χ0v) is 16.9. The molecule has 4 rings (SSSR count). The summed E-state index contributed by atoms with van der Waals surface area (Å²) in [5, 5.41) is 3.47. The molecule has 1 aliphatic heterocycles. The Morgan fingerprint density at radius 1 is 1.10 bits per heavy atom. The Morgan fingerprint density at radius 2 is 2.00 bits per heavy atom. The molecule has 152 valence electrons. The van der Waals surface area contributed by atoms with Crippen molar-refractivity contribution in [2.45, 2.75) is 19.2 Å². The number of hydrogen-bond acceptors (Lipinski definition) is 4. The second-order valence-electron chi connectivity index (χ2n) is 7.00. The molecule has 0 radical (unpaired) electrons. The van der Waals surface area contributed by atoms with E-state index in [1.807, 2.05) is 36.5 Å². The lowest BCUT2D eigenvalue weighted by atomic mass is 10.0. The quantitative estimate of drug-likeness (QED) is 0.651. The van der Waals surface area contributed by atoms with Gasteiger partial charge < -0.3 is 10.1 Å². The SMILES string of the molecule is Cl.Fc1ccccc1COc1cccc(CN2CCNCC2c2cccnc2)c1. The normalized spacial score (nSPS) is 16.8. The lowest BCUT2D eigenvalue weighted by molar-refractivity contribution is 0.153. The maximum Gasteiger partial charge on any atom is 0.129 e. The third kappa shape index (κ3) is 5.54. The van der Waals surface area contributed by atoms with Crippen LogP contribution in [0.15, 0.2) is 73.1 Å². The van der Waals surface area contributed by atoms with Gasteiger partial charge in [-0.05, 0) is 35.4 Å². The molecule has 0 aliphatic carbocycles. The van der Waals surface area contributed by atoms with E-state index >= 15 is 0 Å². The van der Waals surface area contributed by atoms with Gasteiger partial charge in [-0.3, -0.25) is 9.88 Å². The molecule has 3 aromatic rings. The summed E-state index contributed by atoms with van der Waals surface area (Å²) in [6.45, 7) is 3.91. The predicted octanol–water partition coefficient (Wildman–Crippen LogP) is 4.37. The molecule has 29 heavy (non-hydrogen) atoms. The summed E-state index contributed by atoms with van der Waals surface area (Å²) in [6, 6.07) is 19.2. The number of rotatable bonds is 6. The smallest absolute Gasteiger partial charge is 0.129 e. The van der Waals surface area contributed by atoms with Crippen molar-refractivity contribution in [3.8, 4) is 5.75 Å². The van der Waals surface area contributed by atoms with Crippen LogP contribution >= 0.6 is 12.4 Å². The molecule has 0 saturated carbocycles. The number of halogens is 2. The Balaban J connectivity index is 0.00000240. The minimum Gasteiger partial charge on any atom is -0.489 e. The Hall–Kier alpha value is -2.47. The third-order valence-corrected chi connectivity index (χ3v) is 5.06. The van der Waals surface area contributed by atoms with Gasteiger partial charge in [-0.2, -0.15) is 0 Å². The molecule has 2 aromatic carbocycles. The first-order valence-corrected chi connectivity index (χ1v) is 9.59. The second-order valence-corrected chi connectivity index (χ2v) is 7.00. The summed E-state index contributed by atoms with van der Waals surface area (Å²) in [5.74, 6) is 0.521. The largest absolute Gasteiger partial charge is 0.489 e. The fourth-order valence-electron chi connectivity index (χ4n) is 3.58. The van der Waals surface area contributed by atoms with Crippen LogP contribution < -0.4 is 10.1 Å². The van der Waals surface area contributed by atoms with Crippen molar-refractivity contribution in [2.75, 3.05) is 19.6 Å². The van der Waals surface area contributed by atoms with Crippen molar-refractivity contribution >= 4 is 12.4 Å². The minimum absolute atomic E-state index is 0. The van der Waals surface area contributed by atoms with Crippen LogP contribution in [0.25, 0.3) is 0 Å². The first kappa shape index (κ1) is 21.2. The van der Waals surface area contributed by atoms with Crippen LogP contribution in [0.4, 0.5) is 4.39 Å². The number of hydrogen-bond donors (Lipinski definition) is 1. The molecule has 1 fully saturated rings. The van der Waals surface area contributed by atoms with Crippen LogP contribution in [0.5, 0.6) is 5.75 Å². The lowest BCUT2D eigenvalue weighted by Gasteiger charge is -2.36. The molecule has 0 spiro atoms. The Morgan fingerprint density at radius 3 is 2.83 bits per heavy atom. The Kier molecular flexibility index (Phi) is 7.58. The standard InChI is InChI=1S/C23H24FN3O.ClH/c24-22-9-2-1-6-20(22)17-28-21-8-3-5-18(13-21)16-27-12-11-26-15-23(27)19-7-4-10-25-14-19;/h1-10,13-14,23,26H,11-12,15-17H2;1H. The average molecular weight is 414 g/mol. The summed E-state index contributed by atoms with van der Waals surface area (Å²) < 4.78 is 19.6. The molecular weight excluding hydrogens is 389 g/mol. The maximum atomic E-state index is 13.8. The van der Waals surface area contributed by atoms with Gasteiger partial charge in [0.15, 0.2) is 0 Å². The van der Waals surface area contributed by atoms with Crippen molar-refractivity contribution in [2.24, 2.45) is 0 Å². The monoisotopic (exact) mass is 413 g/mol. The van der Waals surface area contributed by atoms with Gasteiger partial charge in [-0.1, -0.05) is 36.4 Å². The number of aromatic nitrogens is 1. The number of nitrogens with zero attached hydrogens (tertiary/aromatic N) is 2. The fourth-order valence-corrected chi connectivity index (χ4v) is 3.58. The average Bonchev–Trinajstić information content (AvgIpc) is 2.74. The van der Waals surface area contributed by atoms with Crippen molar-refractivity contribution in [3.63, 3.8) is 0 Å². The first-order chi connectivity index (χ1) is 13.8. The molecule has 1 atom stereocenters. The van der Waals surface area contributed by atoms with E-state index in [-0.39, 0.29) is 24.8 Å². The highest BCUT2D eigenvalue weighted by molar-refractivity contribution is 5.85. The van der Waals surface area contributed by atoms with Gasteiger partial charge in [0.05, 0.1) is 0 Å². The van der Waals surface area contributed by atoms with Crippen LogP contribution in [0, 0.1) is 5.82 Å². The number of nitrogens with one attached hydrogen (secondary N) is 1. The summed E-state index contributed by atoms with van der Waals surface area (Å²) in [4.78, 5) is 6.73. The summed E-state index contributed by atoms with van der Waals surface area (Å²) in [6.07, 6.45) is 3.75. The van der Waals surface area contributed by atoms with Crippen LogP contribution in [0.2, 0.25) is 0 Å². The molecule has 1 aromatic heterocycles. The molecule has 6 heteroatoms. The zero-order valence-electron chi connectivity index (χ0n) is 16.1. The van der Waals surface area contributed by atoms with Gasteiger partial charge in [-0.25, -0.2) is 4.39 Å². The van der Waals surface area contributed by atoms with Gasteiger partial charge >= 0.3 is 0 Å². The molecule has 0 amide bonds. The predicted molar refractivity (Wildman–Crippen MR) is 115 cm³/mol. The fraction of sp³-hybridized carbons (Fsp3) is 0.261. The van der Waals surface area contributed by atoms with Crippen molar-refractivity contribution in [1.29, 1.82) is 0 Å². The Labute approximate surface area is 177 Å². The minimum atomic E-state index is -0.237. The van der Waals surface area contributed by atoms with Crippen molar-refractivity contribution in [1.82, 2.24) is 15.2 Å². The van der Waals surface area contributed by atoms with Crippen LogP contribution in [-0.4, -0.2) is 29.5 Å². The highest BCUT2D eigenvalue weighted by atomic mass is 35.5. The highest BCUT2D eigenvalue weighted by Crippen LogP contribution is 2.25. The molecule has 2 heterocycles. The van der Waals surface area contributed by atoms with Gasteiger partial charge in [-0.15, -0.1) is 12.4 Å². The first-order valence-electron chi connectivity index (χ1n) is 9.59. The van der Waals surface area contributed by atoms with E-state index in [0.717, 1.165) is 31.9 Å². The van der Waals surface area contributed by atoms with Gasteiger partial charge in [0, 0.05) is 50.2 Å². The summed E-state index contributed by atoms with van der Waals surface area (Å²) in [5.41, 5.74) is 2.97. The number of piperazine rings is 1. The van der Waals surface area contributed by atoms with E-state index in [9.17, 15) is 4.39 Å². The molecule has 0 bridgehead atoms. The topological polar surface area (TPSA) is 37.4 Å². The lowest BCUT2D eigenvalue weighted by Crippen LogP contribution is -2.45. The van der Waals surface area contributed by atoms with Crippen molar-refractivity contribution < 1.29 is 9.13 Å². The maximum absolute atomic E-state index is 13.8. The van der Waals surface area contributed by atoms with Crippen LogP contribution in [-0.2, 0) is 13.2 Å². The summed E-state index contributed by atoms with van der Waals surface area (Å²) >= 11 is 0. The third-order valence-electron chi connectivity index (χ3n) is 5.06. The van der Waals surface area contributed by atoms with Crippen LogP contribution in [0.1, 0.15) is 22.7 Å². The molecule has 1 N–H and O–H groups in total. The molecule has 1 aliphatic rings. The zero-order chi connectivity index (χ0) is 19.2. The molecule has 4 nitrogen and oxygen atoms in total. The molecule has 1 saturated heterocycles. The van der Waals surface area contributed by atoms with E-state index in [1.54, 1.807) is 18.3 Å². The second kappa shape index (κ2) is 10.3. The number of ether oxygens (including phenoxy) is 1. The van der Waals surface area contributed by atoms with E-state index in [2.05, 4.69) is 27.3 Å². The van der Waals surface area contributed by atoms with Gasteiger partial charge in [0.2, 0.25) is 0 Å².